The van der Waals surface area contributed by atoms with E-state index in [1.165, 1.54) is 0 Å². The van der Waals surface area contributed by atoms with E-state index < -0.39 is 6.04 Å². The van der Waals surface area contributed by atoms with Crippen LogP contribution in [0.15, 0.2) is 89.7 Å². The topological polar surface area (TPSA) is 75.9 Å². The maximum Gasteiger partial charge on any atom is 0.184 e. The van der Waals surface area contributed by atoms with Crippen molar-refractivity contribution in [1.29, 1.82) is 0 Å². The standard InChI is InChI=1S/C26H17BrClN5OS/c27-22-14-19(33(32-22)25-17(28)8-5-13-29-25)24(31-26-30-18-9-3-4-10-21(18)35-26)23-16-7-2-1-6-15(16)11-12-20(23)34/h1-14,24,34H,(H,30,31). The predicted octanol–water partition coefficient (Wildman–Crippen LogP) is 7.35. The largest absolute Gasteiger partial charge is 0.508 e. The molecular formula is C26H17BrClN5OS. The van der Waals surface area contributed by atoms with E-state index in [2.05, 4.69) is 31.3 Å². The number of aromatic hydroxyl groups is 1. The van der Waals surface area contributed by atoms with Gasteiger partial charge in [0, 0.05) is 11.8 Å². The van der Waals surface area contributed by atoms with Gasteiger partial charge in [0.1, 0.15) is 16.4 Å². The van der Waals surface area contributed by atoms with Crippen molar-refractivity contribution in [2.75, 3.05) is 5.32 Å². The van der Waals surface area contributed by atoms with Gasteiger partial charge in [0.05, 0.1) is 20.9 Å². The van der Waals surface area contributed by atoms with Gasteiger partial charge in [0.2, 0.25) is 0 Å². The zero-order valence-corrected chi connectivity index (χ0v) is 21.2. The van der Waals surface area contributed by atoms with E-state index in [0.717, 1.165) is 31.8 Å². The maximum atomic E-state index is 11.1. The fourth-order valence-corrected chi connectivity index (χ4v) is 5.70. The molecule has 0 radical (unpaired) electrons. The fraction of sp³-hybridized carbons (Fsp3) is 0.0385. The Kier molecular flexibility index (Phi) is 5.64. The Bertz CT molecular complexity index is 1670. The van der Waals surface area contributed by atoms with Crippen molar-refractivity contribution in [3.63, 3.8) is 0 Å². The Hall–Kier alpha value is -3.46. The molecule has 0 aliphatic rings. The maximum absolute atomic E-state index is 11.1. The fourth-order valence-electron chi connectivity index (χ4n) is 4.21. The molecule has 35 heavy (non-hydrogen) atoms. The van der Waals surface area contributed by atoms with Crippen molar-refractivity contribution < 1.29 is 5.11 Å². The van der Waals surface area contributed by atoms with E-state index in [0.29, 0.717) is 21.0 Å². The van der Waals surface area contributed by atoms with E-state index in [1.54, 1.807) is 40.4 Å². The van der Waals surface area contributed by atoms with E-state index in [4.69, 9.17) is 16.6 Å². The number of para-hydroxylation sites is 1. The summed E-state index contributed by atoms with van der Waals surface area (Å²) in [4.78, 5) is 9.25. The smallest absolute Gasteiger partial charge is 0.184 e. The first kappa shape index (κ1) is 22.0. The van der Waals surface area contributed by atoms with Gasteiger partial charge in [-0.25, -0.2) is 14.6 Å². The highest BCUT2D eigenvalue weighted by Gasteiger charge is 2.27. The van der Waals surface area contributed by atoms with Crippen LogP contribution >= 0.6 is 38.9 Å². The highest BCUT2D eigenvalue weighted by Crippen LogP contribution is 2.40. The van der Waals surface area contributed by atoms with Crippen LogP contribution in [0.4, 0.5) is 5.13 Å². The molecule has 1 unspecified atom stereocenters. The van der Waals surface area contributed by atoms with Crippen LogP contribution < -0.4 is 5.32 Å². The molecule has 3 aromatic heterocycles. The first-order valence-corrected chi connectivity index (χ1v) is 12.8. The molecule has 3 aromatic carbocycles. The van der Waals surface area contributed by atoms with Crippen LogP contribution in [-0.2, 0) is 0 Å². The zero-order valence-electron chi connectivity index (χ0n) is 18.1. The van der Waals surface area contributed by atoms with E-state index in [-0.39, 0.29) is 5.75 Å². The average Bonchev–Trinajstić information content (AvgIpc) is 3.46. The number of phenols is 1. The molecule has 0 aliphatic heterocycles. The van der Waals surface area contributed by atoms with E-state index >= 15 is 0 Å². The number of benzene rings is 3. The molecule has 0 saturated heterocycles. The second-order valence-electron chi connectivity index (χ2n) is 7.90. The minimum absolute atomic E-state index is 0.165. The Morgan fingerprint density at radius 3 is 2.69 bits per heavy atom. The summed E-state index contributed by atoms with van der Waals surface area (Å²) in [6, 6.07) is 24.5. The van der Waals surface area contributed by atoms with E-state index in [1.807, 2.05) is 60.7 Å². The monoisotopic (exact) mass is 561 g/mol. The van der Waals surface area contributed by atoms with Gasteiger partial charge >= 0.3 is 0 Å². The van der Waals surface area contributed by atoms with Gasteiger partial charge in [-0.15, -0.1) is 0 Å². The molecule has 0 saturated carbocycles. The Morgan fingerprint density at radius 1 is 1.00 bits per heavy atom. The second-order valence-corrected chi connectivity index (χ2v) is 10.1. The van der Waals surface area contributed by atoms with Crippen molar-refractivity contribution >= 4 is 65.0 Å². The molecule has 1 atom stereocenters. The number of rotatable bonds is 5. The lowest BCUT2D eigenvalue weighted by Gasteiger charge is -2.23. The molecule has 0 fully saturated rings. The minimum atomic E-state index is -0.515. The van der Waals surface area contributed by atoms with Gasteiger partial charge in [0.15, 0.2) is 10.9 Å². The number of pyridine rings is 1. The van der Waals surface area contributed by atoms with Crippen LogP contribution in [0.3, 0.4) is 0 Å². The van der Waals surface area contributed by atoms with Crippen LogP contribution in [0.5, 0.6) is 5.75 Å². The number of anilines is 1. The molecule has 172 valence electrons. The summed E-state index contributed by atoms with van der Waals surface area (Å²) >= 11 is 11.6. The third-order valence-corrected chi connectivity index (χ3v) is 7.39. The number of hydrogen-bond acceptors (Lipinski definition) is 6. The molecule has 0 aliphatic carbocycles. The number of fused-ring (bicyclic) bond motifs is 2. The number of aromatic nitrogens is 4. The third kappa shape index (κ3) is 4.03. The van der Waals surface area contributed by atoms with Gasteiger partial charge in [-0.2, -0.15) is 5.10 Å². The molecule has 6 rings (SSSR count). The van der Waals surface area contributed by atoms with Crippen LogP contribution in [0, 0.1) is 0 Å². The number of nitrogens with one attached hydrogen (secondary N) is 1. The molecule has 3 heterocycles. The van der Waals surface area contributed by atoms with Crippen LogP contribution in [-0.4, -0.2) is 24.9 Å². The summed E-state index contributed by atoms with van der Waals surface area (Å²) in [6.45, 7) is 0. The van der Waals surface area contributed by atoms with E-state index in [9.17, 15) is 5.11 Å². The summed E-state index contributed by atoms with van der Waals surface area (Å²) in [6.07, 6.45) is 1.67. The number of thiazole rings is 1. The molecular weight excluding hydrogens is 546 g/mol. The lowest BCUT2D eigenvalue weighted by atomic mass is 9.95. The predicted molar refractivity (Wildman–Crippen MR) is 145 cm³/mol. The van der Waals surface area contributed by atoms with Gasteiger partial charge in [0.25, 0.3) is 0 Å². The summed E-state index contributed by atoms with van der Waals surface area (Å²) in [7, 11) is 0. The normalized spacial score (nSPS) is 12.3. The SMILES string of the molecule is Oc1ccc2ccccc2c1C(Nc1nc2ccccc2s1)c1cc(Br)nn1-c1ncccc1Cl. The molecule has 6 aromatic rings. The Morgan fingerprint density at radius 2 is 1.83 bits per heavy atom. The molecule has 2 N–H and O–H groups in total. The van der Waals surface area contributed by atoms with Gasteiger partial charge in [-0.1, -0.05) is 65.4 Å². The first-order chi connectivity index (χ1) is 17.1. The van der Waals surface area contributed by atoms with Crippen molar-refractivity contribution in [2.24, 2.45) is 0 Å². The second kappa shape index (κ2) is 8.96. The highest BCUT2D eigenvalue weighted by atomic mass is 79.9. The van der Waals surface area contributed by atoms with Crippen molar-refractivity contribution in [2.45, 2.75) is 6.04 Å². The quantitative estimate of drug-likeness (QED) is 0.230. The van der Waals surface area contributed by atoms with Crippen LogP contribution in [0.2, 0.25) is 5.02 Å². The zero-order chi connectivity index (χ0) is 23.9. The third-order valence-electron chi connectivity index (χ3n) is 5.74. The number of hydrogen-bond donors (Lipinski definition) is 2. The lowest BCUT2D eigenvalue weighted by Crippen LogP contribution is -2.18. The van der Waals surface area contributed by atoms with Gasteiger partial charge in [-0.05, 0) is 63.1 Å². The summed E-state index contributed by atoms with van der Waals surface area (Å²) in [5, 5.41) is 22.5. The number of nitrogens with zero attached hydrogens (tertiary/aromatic N) is 4. The van der Waals surface area contributed by atoms with Crippen LogP contribution in [0.25, 0.3) is 26.8 Å². The van der Waals surface area contributed by atoms with Gasteiger partial charge < -0.3 is 10.4 Å². The average molecular weight is 563 g/mol. The number of phenolic OH excluding ortho intramolecular Hbond substituents is 1. The number of halogens is 2. The summed E-state index contributed by atoms with van der Waals surface area (Å²) in [5.41, 5.74) is 2.36. The first-order valence-electron chi connectivity index (χ1n) is 10.8. The molecule has 9 heteroatoms. The summed E-state index contributed by atoms with van der Waals surface area (Å²) in [5.74, 6) is 0.656. The van der Waals surface area contributed by atoms with Crippen LogP contribution in [0.1, 0.15) is 17.3 Å². The minimum Gasteiger partial charge on any atom is -0.508 e. The molecule has 0 spiro atoms. The highest BCUT2D eigenvalue weighted by molar-refractivity contribution is 9.10. The molecule has 0 bridgehead atoms. The molecule has 6 nitrogen and oxygen atoms in total. The van der Waals surface area contributed by atoms with Crippen molar-refractivity contribution in [3.05, 3.63) is 106 Å². The lowest BCUT2D eigenvalue weighted by molar-refractivity contribution is 0.467. The van der Waals surface area contributed by atoms with Gasteiger partial charge in [-0.3, -0.25) is 0 Å². The van der Waals surface area contributed by atoms with Crippen molar-refractivity contribution in [3.8, 4) is 11.6 Å². The Balaban J connectivity index is 1.60. The molecule has 0 amide bonds. The summed E-state index contributed by atoms with van der Waals surface area (Å²) < 4.78 is 3.38. The Labute approximate surface area is 218 Å². The van der Waals surface area contributed by atoms with Crippen molar-refractivity contribution in [1.82, 2.24) is 19.7 Å².